The standard InChI is InChI=1S/C24H21N3O6S/c1-2-32-21(29)19-15(17-8-5-11-33-17)13-34-20(19)25-18(28)12-27-22(30)24(26-23(27)31)10-9-14-6-3-4-7-16(14)24/h3-8,11,13H,2,9-10,12H2,1H3,(H,25,28)(H,26,31). The molecule has 2 N–H and O–H groups in total. The van der Waals surface area contributed by atoms with Gasteiger partial charge in [-0.15, -0.1) is 11.3 Å². The van der Waals surface area contributed by atoms with Crippen LogP contribution in [0.2, 0.25) is 0 Å². The van der Waals surface area contributed by atoms with E-state index in [0.717, 1.165) is 27.4 Å². The number of anilines is 1. The topological polar surface area (TPSA) is 118 Å². The number of nitrogens with zero attached hydrogens (tertiary/aromatic N) is 1. The fourth-order valence-electron chi connectivity index (χ4n) is 4.51. The number of imide groups is 1. The van der Waals surface area contributed by atoms with Crippen molar-refractivity contribution in [3.8, 4) is 11.3 Å². The Labute approximate surface area is 198 Å². The smallest absolute Gasteiger partial charge is 0.341 e. The summed E-state index contributed by atoms with van der Waals surface area (Å²) < 4.78 is 10.6. The van der Waals surface area contributed by atoms with E-state index in [-0.39, 0.29) is 17.2 Å². The van der Waals surface area contributed by atoms with E-state index in [1.54, 1.807) is 24.4 Å². The van der Waals surface area contributed by atoms with Crippen molar-refractivity contribution in [1.82, 2.24) is 10.2 Å². The van der Waals surface area contributed by atoms with Gasteiger partial charge >= 0.3 is 12.0 Å². The van der Waals surface area contributed by atoms with Crippen LogP contribution in [-0.4, -0.2) is 41.9 Å². The molecule has 9 nitrogen and oxygen atoms in total. The Kier molecular flexibility index (Phi) is 5.45. The molecule has 2 aliphatic rings. The minimum absolute atomic E-state index is 0.158. The average molecular weight is 480 g/mol. The molecule has 1 saturated heterocycles. The lowest BCUT2D eigenvalue weighted by Gasteiger charge is -2.22. The summed E-state index contributed by atoms with van der Waals surface area (Å²) in [5.41, 5.74) is 1.28. The van der Waals surface area contributed by atoms with Gasteiger partial charge in [0.1, 0.15) is 28.4 Å². The second-order valence-corrected chi connectivity index (χ2v) is 8.86. The largest absolute Gasteiger partial charge is 0.464 e. The summed E-state index contributed by atoms with van der Waals surface area (Å²) in [7, 11) is 0. The van der Waals surface area contributed by atoms with Crippen LogP contribution >= 0.6 is 11.3 Å². The predicted octanol–water partition coefficient (Wildman–Crippen LogP) is 3.52. The van der Waals surface area contributed by atoms with Gasteiger partial charge in [0.15, 0.2) is 0 Å². The van der Waals surface area contributed by atoms with E-state index in [2.05, 4.69) is 10.6 Å². The third-order valence-electron chi connectivity index (χ3n) is 6.03. The van der Waals surface area contributed by atoms with Crippen LogP contribution in [-0.2, 0) is 26.3 Å². The number of carbonyl (C=O) groups excluding carboxylic acids is 4. The zero-order chi connectivity index (χ0) is 23.9. The third kappa shape index (κ3) is 3.47. The molecule has 0 saturated carbocycles. The maximum absolute atomic E-state index is 13.3. The Balaban J connectivity index is 1.37. The number of aryl methyl sites for hydroxylation is 1. The molecule has 5 rings (SSSR count). The first kappa shape index (κ1) is 21.9. The number of furan rings is 1. The molecule has 0 radical (unpaired) electrons. The van der Waals surface area contributed by atoms with Crippen molar-refractivity contribution in [1.29, 1.82) is 0 Å². The molecule has 1 aliphatic carbocycles. The highest BCUT2D eigenvalue weighted by Gasteiger charge is 2.55. The van der Waals surface area contributed by atoms with E-state index in [1.165, 1.54) is 6.26 Å². The molecule has 3 heterocycles. The molecule has 34 heavy (non-hydrogen) atoms. The number of rotatable bonds is 6. The van der Waals surface area contributed by atoms with Crippen LogP contribution < -0.4 is 10.6 Å². The predicted molar refractivity (Wildman–Crippen MR) is 123 cm³/mol. The van der Waals surface area contributed by atoms with Gasteiger partial charge in [-0.1, -0.05) is 24.3 Å². The number of ether oxygens (including phenoxy) is 1. The summed E-state index contributed by atoms with van der Waals surface area (Å²) >= 11 is 1.13. The van der Waals surface area contributed by atoms with E-state index in [1.807, 2.05) is 24.3 Å². The average Bonchev–Trinajstić information content (AvgIpc) is 3.59. The third-order valence-corrected chi connectivity index (χ3v) is 6.93. The zero-order valence-electron chi connectivity index (χ0n) is 18.3. The molecule has 1 spiro atoms. The van der Waals surface area contributed by atoms with E-state index in [9.17, 15) is 19.2 Å². The van der Waals surface area contributed by atoms with Crippen LogP contribution in [0.5, 0.6) is 0 Å². The summed E-state index contributed by atoms with van der Waals surface area (Å²) in [5.74, 6) is -1.21. The molecule has 1 atom stereocenters. The lowest BCUT2D eigenvalue weighted by atomic mass is 9.92. The number of carbonyl (C=O) groups is 4. The molecule has 0 bridgehead atoms. The van der Waals surface area contributed by atoms with Gasteiger partial charge in [0.05, 0.1) is 12.9 Å². The van der Waals surface area contributed by atoms with Gasteiger partial charge in [0, 0.05) is 10.9 Å². The molecule has 10 heteroatoms. The number of nitrogens with one attached hydrogen (secondary N) is 2. The second kappa shape index (κ2) is 8.45. The van der Waals surface area contributed by atoms with Gasteiger partial charge in [0.2, 0.25) is 5.91 Å². The molecule has 3 aromatic rings. The maximum Gasteiger partial charge on any atom is 0.341 e. The zero-order valence-corrected chi connectivity index (χ0v) is 19.1. The minimum Gasteiger partial charge on any atom is -0.464 e. The fraction of sp³-hybridized carbons (Fsp3) is 0.250. The van der Waals surface area contributed by atoms with Crippen molar-refractivity contribution in [2.24, 2.45) is 0 Å². The highest BCUT2D eigenvalue weighted by Crippen LogP contribution is 2.41. The molecule has 2 aromatic heterocycles. The van der Waals surface area contributed by atoms with Crippen LogP contribution in [0.4, 0.5) is 9.80 Å². The van der Waals surface area contributed by atoms with Gasteiger partial charge in [0.25, 0.3) is 5.91 Å². The SMILES string of the molecule is CCOC(=O)c1c(-c2ccco2)csc1NC(=O)CN1C(=O)NC2(CCc3ccccc32)C1=O. The number of fused-ring (bicyclic) bond motifs is 2. The van der Waals surface area contributed by atoms with E-state index in [4.69, 9.17) is 9.15 Å². The van der Waals surface area contributed by atoms with E-state index < -0.39 is 35.9 Å². The summed E-state index contributed by atoms with van der Waals surface area (Å²) in [6.07, 6.45) is 2.59. The monoisotopic (exact) mass is 479 g/mol. The molecular weight excluding hydrogens is 458 g/mol. The Morgan fingerprint density at radius 2 is 2.06 bits per heavy atom. The lowest BCUT2D eigenvalue weighted by molar-refractivity contribution is -0.134. The number of urea groups is 1. The highest BCUT2D eigenvalue weighted by molar-refractivity contribution is 7.15. The van der Waals surface area contributed by atoms with E-state index >= 15 is 0 Å². The Morgan fingerprint density at radius 1 is 1.24 bits per heavy atom. The second-order valence-electron chi connectivity index (χ2n) is 7.98. The Hall–Kier alpha value is -3.92. The summed E-state index contributed by atoms with van der Waals surface area (Å²) in [4.78, 5) is 52.4. The number of hydrogen-bond acceptors (Lipinski definition) is 7. The Bertz CT molecular complexity index is 1300. The van der Waals surface area contributed by atoms with Gasteiger partial charge in [-0.2, -0.15) is 0 Å². The first-order valence-corrected chi connectivity index (χ1v) is 11.7. The molecule has 1 aliphatic heterocycles. The molecule has 4 amide bonds. The number of esters is 1. The van der Waals surface area contributed by atoms with Gasteiger partial charge in [-0.25, -0.2) is 9.59 Å². The molecule has 174 valence electrons. The number of hydrogen-bond donors (Lipinski definition) is 2. The van der Waals surface area contributed by atoms with Gasteiger partial charge < -0.3 is 19.8 Å². The van der Waals surface area contributed by atoms with Gasteiger partial charge in [-0.3, -0.25) is 14.5 Å². The summed E-state index contributed by atoms with van der Waals surface area (Å²) in [6.45, 7) is 1.36. The van der Waals surface area contributed by atoms with Crippen molar-refractivity contribution in [3.05, 3.63) is 64.7 Å². The first-order valence-electron chi connectivity index (χ1n) is 10.8. The van der Waals surface area contributed by atoms with Crippen molar-refractivity contribution >= 4 is 40.2 Å². The van der Waals surface area contributed by atoms with Crippen molar-refractivity contribution in [2.75, 3.05) is 18.5 Å². The van der Waals surface area contributed by atoms with Crippen molar-refractivity contribution < 1.29 is 28.3 Å². The number of benzene rings is 1. The maximum atomic E-state index is 13.3. The highest BCUT2D eigenvalue weighted by atomic mass is 32.1. The van der Waals surface area contributed by atoms with Gasteiger partial charge in [-0.05, 0) is 43.0 Å². The summed E-state index contributed by atoms with van der Waals surface area (Å²) in [6, 6.07) is 10.2. The van der Waals surface area contributed by atoms with E-state index in [0.29, 0.717) is 24.2 Å². The lowest BCUT2D eigenvalue weighted by Crippen LogP contribution is -2.43. The van der Waals surface area contributed by atoms with Crippen molar-refractivity contribution in [2.45, 2.75) is 25.3 Å². The fourth-order valence-corrected chi connectivity index (χ4v) is 5.47. The summed E-state index contributed by atoms with van der Waals surface area (Å²) in [5, 5.41) is 7.39. The molecule has 1 fully saturated rings. The van der Waals surface area contributed by atoms with Crippen LogP contribution in [0.1, 0.15) is 34.8 Å². The quantitative estimate of drug-likeness (QED) is 0.413. The Morgan fingerprint density at radius 3 is 2.82 bits per heavy atom. The normalized spacial score (nSPS) is 18.8. The molecule has 1 aromatic carbocycles. The van der Waals surface area contributed by atoms with Crippen LogP contribution in [0.15, 0.2) is 52.5 Å². The van der Waals surface area contributed by atoms with Crippen LogP contribution in [0.25, 0.3) is 11.3 Å². The first-order chi connectivity index (χ1) is 16.4. The van der Waals surface area contributed by atoms with Crippen LogP contribution in [0.3, 0.4) is 0 Å². The van der Waals surface area contributed by atoms with Crippen LogP contribution in [0, 0.1) is 0 Å². The molecule has 1 unspecified atom stereocenters. The molecular formula is C24H21N3O6S. The number of amides is 4. The number of thiophene rings is 1. The van der Waals surface area contributed by atoms with Crippen molar-refractivity contribution in [3.63, 3.8) is 0 Å². The minimum atomic E-state index is -1.14.